The number of hydrogen-bond acceptors (Lipinski definition) is 7. The second-order valence-corrected chi connectivity index (χ2v) is 9.25. The molecule has 1 aromatic heterocycles. The van der Waals surface area contributed by atoms with Gasteiger partial charge in [-0.05, 0) is 24.6 Å². The maximum absolute atomic E-state index is 11.5. The van der Waals surface area contributed by atoms with Crippen molar-refractivity contribution in [1.82, 2.24) is 4.98 Å². The molecule has 0 fully saturated rings. The van der Waals surface area contributed by atoms with E-state index in [1.54, 1.807) is 0 Å². The topological polar surface area (TPSA) is 120 Å². The predicted molar refractivity (Wildman–Crippen MR) is 78.4 cm³/mol. The summed E-state index contributed by atoms with van der Waals surface area (Å²) in [5, 5.41) is 0. The number of oxazole rings is 1. The van der Waals surface area contributed by atoms with Crippen molar-refractivity contribution in [2.75, 3.05) is 18.3 Å². The van der Waals surface area contributed by atoms with Gasteiger partial charge in [0.15, 0.2) is 15.4 Å². The third kappa shape index (κ3) is 4.02. The molecule has 0 bridgehead atoms. The molecular weight excluding hydrogens is 316 g/mol. The summed E-state index contributed by atoms with van der Waals surface area (Å²) in [7, 11) is -6.44. The van der Waals surface area contributed by atoms with Crippen molar-refractivity contribution in [3.8, 4) is 0 Å². The predicted octanol–water partition coefficient (Wildman–Crippen LogP) is 0.666. The van der Waals surface area contributed by atoms with Crippen molar-refractivity contribution >= 4 is 30.8 Å². The number of rotatable bonds is 5. The molecule has 1 unspecified atom stereocenters. The van der Waals surface area contributed by atoms with E-state index in [4.69, 9.17) is 10.2 Å². The minimum absolute atomic E-state index is 0.0680. The van der Waals surface area contributed by atoms with Gasteiger partial charge in [0.1, 0.15) is 15.4 Å². The molecule has 1 aromatic carbocycles. The van der Waals surface area contributed by atoms with Crippen LogP contribution in [0.3, 0.4) is 0 Å². The Morgan fingerprint density at radius 1 is 1.24 bits per heavy atom. The highest BCUT2D eigenvalue weighted by molar-refractivity contribution is 7.91. The van der Waals surface area contributed by atoms with Gasteiger partial charge in [0.2, 0.25) is 5.89 Å². The third-order valence-corrected chi connectivity index (χ3v) is 5.01. The number of nitrogens with zero attached hydrogens (tertiary/aromatic N) is 1. The first-order chi connectivity index (χ1) is 9.56. The van der Waals surface area contributed by atoms with Crippen LogP contribution in [0.2, 0.25) is 0 Å². The summed E-state index contributed by atoms with van der Waals surface area (Å²) in [6, 6.07) is 3.68. The van der Waals surface area contributed by atoms with E-state index in [1.807, 2.05) is 0 Å². The lowest BCUT2D eigenvalue weighted by molar-refractivity contribution is 0.468. The molecule has 0 saturated heterocycles. The SMILES string of the molecule is CS(=O)(=O)CCC(N)c1nc2cc(S(C)(=O)=O)ccc2o1. The summed E-state index contributed by atoms with van der Waals surface area (Å²) in [6.45, 7) is 0. The summed E-state index contributed by atoms with van der Waals surface area (Å²) >= 11 is 0. The minimum atomic E-state index is -3.33. The fourth-order valence-electron chi connectivity index (χ4n) is 1.78. The van der Waals surface area contributed by atoms with Crippen molar-refractivity contribution in [2.24, 2.45) is 5.73 Å². The molecule has 7 nitrogen and oxygen atoms in total. The first kappa shape index (κ1) is 15.9. The number of sulfone groups is 2. The average Bonchev–Trinajstić information content (AvgIpc) is 2.76. The second-order valence-electron chi connectivity index (χ2n) is 4.98. The number of nitrogens with two attached hydrogens (primary N) is 1. The van der Waals surface area contributed by atoms with E-state index in [0.29, 0.717) is 11.1 Å². The average molecular weight is 332 g/mol. The van der Waals surface area contributed by atoms with Crippen LogP contribution in [0.1, 0.15) is 18.4 Å². The van der Waals surface area contributed by atoms with Gasteiger partial charge in [-0.25, -0.2) is 21.8 Å². The Morgan fingerprint density at radius 2 is 1.90 bits per heavy atom. The molecule has 0 radical (unpaired) electrons. The first-order valence-electron chi connectivity index (χ1n) is 6.10. The Balaban J connectivity index is 2.30. The lowest BCUT2D eigenvalue weighted by Gasteiger charge is -2.05. The highest BCUT2D eigenvalue weighted by atomic mass is 32.2. The third-order valence-electron chi connectivity index (χ3n) is 2.92. The van der Waals surface area contributed by atoms with Crippen molar-refractivity contribution < 1.29 is 21.3 Å². The van der Waals surface area contributed by atoms with E-state index in [-0.39, 0.29) is 23.0 Å². The summed E-state index contributed by atoms with van der Waals surface area (Å²) < 4.78 is 50.6. The summed E-state index contributed by atoms with van der Waals surface area (Å²) in [4.78, 5) is 4.28. The Morgan fingerprint density at radius 3 is 2.48 bits per heavy atom. The van der Waals surface area contributed by atoms with Crippen LogP contribution in [-0.2, 0) is 19.7 Å². The zero-order valence-corrected chi connectivity index (χ0v) is 13.2. The van der Waals surface area contributed by atoms with Crippen LogP contribution < -0.4 is 5.73 Å². The van der Waals surface area contributed by atoms with Crippen LogP contribution in [0.15, 0.2) is 27.5 Å². The van der Waals surface area contributed by atoms with Gasteiger partial charge in [-0.1, -0.05) is 0 Å². The monoisotopic (exact) mass is 332 g/mol. The molecular formula is C12H16N2O5S2. The molecule has 21 heavy (non-hydrogen) atoms. The van der Waals surface area contributed by atoms with Crippen molar-refractivity contribution in [2.45, 2.75) is 17.4 Å². The maximum Gasteiger partial charge on any atom is 0.212 e. The van der Waals surface area contributed by atoms with E-state index in [9.17, 15) is 16.8 Å². The van der Waals surface area contributed by atoms with Gasteiger partial charge in [0.25, 0.3) is 0 Å². The molecule has 0 spiro atoms. The molecule has 0 saturated carbocycles. The van der Waals surface area contributed by atoms with Gasteiger partial charge in [-0.15, -0.1) is 0 Å². The second kappa shape index (κ2) is 5.39. The van der Waals surface area contributed by atoms with Crippen molar-refractivity contribution in [1.29, 1.82) is 0 Å². The molecule has 1 heterocycles. The van der Waals surface area contributed by atoms with Crippen LogP contribution in [0.5, 0.6) is 0 Å². The molecule has 116 valence electrons. The minimum Gasteiger partial charge on any atom is -0.439 e. The van der Waals surface area contributed by atoms with Gasteiger partial charge in [-0.3, -0.25) is 0 Å². The highest BCUT2D eigenvalue weighted by Crippen LogP contribution is 2.23. The van der Waals surface area contributed by atoms with E-state index in [0.717, 1.165) is 12.5 Å². The van der Waals surface area contributed by atoms with Gasteiger partial charge >= 0.3 is 0 Å². The normalized spacial score (nSPS) is 14.4. The zero-order valence-electron chi connectivity index (χ0n) is 11.6. The lowest BCUT2D eigenvalue weighted by Crippen LogP contribution is -2.15. The summed E-state index contributed by atoms with van der Waals surface area (Å²) in [6.07, 6.45) is 2.42. The molecule has 0 amide bonds. The van der Waals surface area contributed by atoms with E-state index >= 15 is 0 Å². The maximum atomic E-state index is 11.5. The molecule has 2 aromatic rings. The van der Waals surface area contributed by atoms with E-state index in [1.165, 1.54) is 18.2 Å². The molecule has 0 aliphatic carbocycles. The van der Waals surface area contributed by atoms with Crippen LogP contribution in [0.4, 0.5) is 0 Å². The van der Waals surface area contributed by atoms with Crippen molar-refractivity contribution in [3.63, 3.8) is 0 Å². The molecule has 0 aliphatic rings. The largest absolute Gasteiger partial charge is 0.439 e. The Hall–Kier alpha value is -1.45. The van der Waals surface area contributed by atoms with Crippen LogP contribution in [0, 0.1) is 0 Å². The molecule has 2 rings (SSSR count). The number of benzene rings is 1. The van der Waals surface area contributed by atoms with Crippen molar-refractivity contribution in [3.05, 3.63) is 24.1 Å². The van der Waals surface area contributed by atoms with Gasteiger partial charge in [-0.2, -0.15) is 0 Å². The lowest BCUT2D eigenvalue weighted by atomic mass is 10.2. The standard InChI is InChI=1S/C12H16N2O5S2/c1-20(15,16)6-5-9(13)12-14-10-7-8(21(2,17)18)3-4-11(10)19-12/h3-4,7,9H,5-6,13H2,1-2H3. The van der Waals surface area contributed by atoms with E-state index in [2.05, 4.69) is 4.98 Å². The number of aromatic nitrogens is 1. The Labute approximate surface area is 123 Å². The number of fused-ring (bicyclic) bond motifs is 1. The van der Waals surface area contributed by atoms with Crippen LogP contribution in [-0.4, -0.2) is 40.1 Å². The first-order valence-corrected chi connectivity index (χ1v) is 10.1. The highest BCUT2D eigenvalue weighted by Gasteiger charge is 2.17. The number of hydrogen-bond donors (Lipinski definition) is 1. The molecule has 2 N–H and O–H groups in total. The fraction of sp³-hybridized carbons (Fsp3) is 0.417. The fourth-order valence-corrected chi connectivity index (χ4v) is 3.10. The van der Waals surface area contributed by atoms with Gasteiger partial charge in [0.05, 0.1) is 16.7 Å². The van der Waals surface area contributed by atoms with Gasteiger partial charge in [0, 0.05) is 12.5 Å². The quantitative estimate of drug-likeness (QED) is 0.854. The molecule has 1 atom stereocenters. The molecule has 9 heteroatoms. The summed E-state index contributed by atoms with van der Waals surface area (Å²) in [5.41, 5.74) is 6.64. The van der Waals surface area contributed by atoms with Crippen LogP contribution in [0.25, 0.3) is 11.1 Å². The van der Waals surface area contributed by atoms with Crippen LogP contribution >= 0.6 is 0 Å². The Kier molecular flexibility index (Phi) is 4.09. The zero-order chi connectivity index (χ0) is 15.8. The smallest absolute Gasteiger partial charge is 0.212 e. The summed E-state index contributed by atoms with van der Waals surface area (Å²) in [5.74, 6) is 0.126. The van der Waals surface area contributed by atoms with E-state index < -0.39 is 25.7 Å². The van der Waals surface area contributed by atoms with Gasteiger partial charge < -0.3 is 10.2 Å². The Bertz CT molecular complexity index is 868. The molecule has 0 aliphatic heterocycles.